The molecule has 1 saturated carbocycles. The second-order valence-corrected chi connectivity index (χ2v) is 4.10. The monoisotopic (exact) mass is 179 g/mol. The summed E-state index contributed by atoms with van der Waals surface area (Å²) in [6, 6.07) is 2.17. The van der Waals surface area contributed by atoms with Gasteiger partial charge in [0.15, 0.2) is 0 Å². The minimum atomic E-state index is 0.153. The van der Waals surface area contributed by atoms with Gasteiger partial charge in [0.25, 0.3) is 0 Å². The van der Waals surface area contributed by atoms with E-state index < -0.39 is 0 Å². The molecule has 1 aliphatic carbocycles. The number of hydrogen-bond donors (Lipinski definition) is 1. The summed E-state index contributed by atoms with van der Waals surface area (Å²) in [6.07, 6.45) is 4.52. The Bertz CT molecular complexity index is 288. The molecule has 0 bridgehead atoms. The van der Waals surface area contributed by atoms with E-state index in [1.165, 1.54) is 12.8 Å². The molecule has 3 heteroatoms. The molecule has 0 spiro atoms. The lowest BCUT2D eigenvalue weighted by Crippen LogP contribution is -2.23. The lowest BCUT2D eigenvalue weighted by molar-refractivity contribution is 0.399. The summed E-state index contributed by atoms with van der Waals surface area (Å²) in [5.41, 5.74) is 7.32. The molecule has 1 heterocycles. The van der Waals surface area contributed by atoms with Gasteiger partial charge in [0.05, 0.1) is 5.69 Å². The van der Waals surface area contributed by atoms with Gasteiger partial charge >= 0.3 is 0 Å². The molecule has 13 heavy (non-hydrogen) atoms. The Morgan fingerprint density at radius 2 is 2.31 bits per heavy atom. The molecular weight excluding hydrogens is 162 g/mol. The summed E-state index contributed by atoms with van der Waals surface area (Å²) in [4.78, 5) is 0. The molecule has 0 aliphatic heterocycles. The molecule has 1 aliphatic rings. The lowest BCUT2D eigenvalue weighted by atomic mass is 9.95. The molecule has 2 unspecified atom stereocenters. The second-order valence-electron chi connectivity index (χ2n) is 4.10. The van der Waals surface area contributed by atoms with Crippen molar-refractivity contribution >= 4 is 0 Å². The predicted molar refractivity (Wildman–Crippen MR) is 52.0 cm³/mol. The topological polar surface area (TPSA) is 43.8 Å². The number of nitrogens with two attached hydrogens (primary N) is 1. The van der Waals surface area contributed by atoms with Crippen LogP contribution in [0.5, 0.6) is 0 Å². The fourth-order valence-electron chi connectivity index (χ4n) is 1.90. The average Bonchev–Trinajstić information content (AvgIpc) is 2.87. The van der Waals surface area contributed by atoms with Crippen LogP contribution in [0.4, 0.5) is 0 Å². The summed E-state index contributed by atoms with van der Waals surface area (Å²) < 4.78 is 1.88. The van der Waals surface area contributed by atoms with Gasteiger partial charge in [-0.15, -0.1) is 0 Å². The largest absolute Gasteiger partial charge is 0.322 e. The number of aromatic nitrogens is 2. The van der Waals surface area contributed by atoms with E-state index in [0.29, 0.717) is 5.92 Å². The summed E-state index contributed by atoms with van der Waals surface area (Å²) in [5, 5.41) is 4.14. The Balaban J connectivity index is 2.11. The van der Waals surface area contributed by atoms with Gasteiger partial charge in [0, 0.05) is 19.3 Å². The Morgan fingerprint density at radius 1 is 1.62 bits per heavy atom. The predicted octanol–water partition coefficient (Wildman–Crippen LogP) is 1.47. The van der Waals surface area contributed by atoms with Gasteiger partial charge in [-0.3, -0.25) is 4.68 Å². The fraction of sp³-hybridized carbons (Fsp3) is 0.700. The molecular formula is C10H17N3. The summed E-state index contributed by atoms with van der Waals surface area (Å²) in [5.74, 6) is 1.44. The van der Waals surface area contributed by atoms with Crippen LogP contribution in [0.2, 0.25) is 0 Å². The van der Waals surface area contributed by atoms with Crippen LogP contribution in [0.1, 0.15) is 31.5 Å². The molecule has 72 valence electrons. The van der Waals surface area contributed by atoms with Gasteiger partial charge in [-0.05, 0) is 30.7 Å². The van der Waals surface area contributed by atoms with E-state index in [9.17, 15) is 0 Å². The fourth-order valence-corrected chi connectivity index (χ4v) is 1.90. The standard InChI is InChI=1S/C10H17N3/c1-7(8-3-4-8)10(11)9-5-6-12-13(9)2/h5-8,10H,3-4,11H2,1-2H3. The molecule has 2 atom stereocenters. The number of hydrogen-bond acceptors (Lipinski definition) is 2. The van der Waals surface area contributed by atoms with E-state index in [-0.39, 0.29) is 6.04 Å². The third-order valence-corrected chi connectivity index (χ3v) is 3.13. The first-order chi connectivity index (χ1) is 6.20. The number of nitrogens with zero attached hydrogens (tertiary/aromatic N) is 2. The minimum Gasteiger partial charge on any atom is -0.322 e. The Labute approximate surface area is 78.9 Å². The molecule has 1 fully saturated rings. The van der Waals surface area contributed by atoms with Crippen LogP contribution < -0.4 is 5.73 Å². The van der Waals surface area contributed by atoms with Crippen LogP contribution in [0.25, 0.3) is 0 Å². The first-order valence-electron chi connectivity index (χ1n) is 4.93. The number of rotatable bonds is 3. The first-order valence-corrected chi connectivity index (χ1v) is 4.93. The van der Waals surface area contributed by atoms with E-state index in [2.05, 4.69) is 12.0 Å². The second kappa shape index (κ2) is 3.14. The van der Waals surface area contributed by atoms with Gasteiger partial charge in [-0.1, -0.05) is 6.92 Å². The van der Waals surface area contributed by atoms with E-state index in [4.69, 9.17) is 5.73 Å². The third-order valence-electron chi connectivity index (χ3n) is 3.13. The normalized spacial score (nSPS) is 21.5. The zero-order chi connectivity index (χ0) is 9.42. The summed E-state index contributed by atoms with van der Waals surface area (Å²) >= 11 is 0. The van der Waals surface area contributed by atoms with Gasteiger partial charge < -0.3 is 5.73 Å². The highest BCUT2D eigenvalue weighted by atomic mass is 15.3. The van der Waals surface area contributed by atoms with Crippen LogP contribution in [-0.4, -0.2) is 9.78 Å². The summed E-state index contributed by atoms with van der Waals surface area (Å²) in [7, 11) is 1.95. The minimum absolute atomic E-state index is 0.153. The van der Waals surface area contributed by atoms with Crippen LogP contribution in [0.15, 0.2) is 12.3 Å². The average molecular weight is 179 g/mol. The smallest absolute Gasteiger partial charge is 0.0550 e. The first kappa shape index (κ1) is 8.75. The van der Waals surface area contributed by atoms with Crippen LogP contribution >= 0.6 is 0 Å². The molecule has 2 rings (SSSR count). The Hall–Kier alpha value is -0.830. The van der Waals surface area contributed by atoms with Crippen molar-refractivity contribution < 1.29 is 0 Å². The van der Waals surface area contributed by atoms with Crippen molar-refractivity contribution in [1.29, 1.82) is 0 Å². The molecule has 0 radical (unpaired) electrons. The quantitative estimate of drug-likeness (QED) is 0.763. The van der Waals surface area contributed by atoms with Gasteiger partial charge in [0.1, 0.15) is 0 Å². The Kier molecular flexibility index (Phi) is 2.12. The maximum Gasteiger partial charge on any atom is 0.0550 e. The Morgan fingerprint density at radius 3 is 2.77 bits per heavy atom. The van der Waals surface area contributed by atoms with Crippen LogP contribution in [-0.2, 0) is 7.05 Å². The van der Waals surface area contributed by atoms with Crippen molar-refractivity contribution in [2.24, 2.45) is 24.6 Å². The zero-order valence-electron chi connectivity index (χ0n) is 8.27. The molecule has 1 aromatic heterocycles. The SMILES string of the molecule is CC(C1CC1)C(N)c1ccnn1C. The third kappa shape index (κ3) is 1.61. The van der Waals surface area contributed by atoms with Crippen LogP contribution in [0.3, 0.4) is 0 Å². The van der Waals surface area contributed by atoms with Crippen molar-refractivity contribution in [2.75, 3.05) is 0 Å². The van der Waals surface area contributed by atoms with Crippen molar-refractivity contribution in [3.63, 3.8) is 0 Å². The molecule has 1 aromatic rings. The zero-order valence-corrected chi connectivity index (χ0v) is 8.27. The highest BCUT2D eigenvalue weighted by molar-refractivity contribution is 5.08. The maximum absolute atomic E-state index is 6.16. The molecule has 0 saturated heterocycles. The van der Waals surface area contributed by atoms with Crippen molar-refractivity contribution in [1.82, 2.24) is 9.78 Å². The van der Waals surface area contributed by atoms with Gasteiger partial charge in [0.2, 0.25) is 0 Å². The van der Waals surface area contributed by atoms with E-state index >= 15 is 0 Å². The number of aryl methyl sites for hydroxylation is 1. The van der Waals surface area contributed by atoms with Crippen molar-refractivity contribution in [2.45, 2.75) is 25.8 Å². The molecule has 3 nitrogen and oxygen atoms in total. The summed E-state index contributed by atoms with van der Waals surface area (Å²) in [6.45, 7) is 2.25. The lowest BCUT2D eigenvalue weighted by Gasteiger charge is -2.19. The molecule has 2 N–H and O–H groups in total. The highest BCUT2D eigenvalue weighted by Crippen LogP contribution is 2.41. The van der Waals surface area contributed by atoms with Gasteiger partial charge in [-0.2, -0.15) is 5.10 Å². The van der Waals surface area contributed by atoms with E-state index in [1.54, 1.807) is 0 Å². The molecule has 0 amide bonds. The maximum atomic E-state index is 6.16. The van der Waals surface area contributed by atoms with Crippen molar-refractivity contribution in [3.05, 3.63) is 18.0 Å². The van der Waals surface area contributed by atoms with E-state index in [0.717, 1.165) is 11.6 Å². The molecule has 0 aromatic carbocycles. The highest BCUT2D eigenvalue weighted by Gasteiger charge is 2.33. The van der Waals surface area contributed by atoms with Crippen LogP contribution in [0, 0.1) is 11.8 Å². The van der Waals surface area contributed by atoms with Gasteiger partial charge in [-0.25, -0.2) is 0 Å². The van der Waals surface area contributed by atoms with E-state index in [1.807, 2.05) is 24.0 Å². The van der Waals surface area contributed by atoms with Crippen molar-refractivity contribution in [3.8, 4) is 0 Å².